The average Bonchev–Trinajstić information content (AvgIpc) is 3.52. The monoisotopic (exact) mass is 400 g/mol. The molecular formula is C25H24N2O3. The largest absolute Gasteiger partial charge is 0.490 e. The minimum absolute atomic E-state index is 0.00431. The number of fused-ring (bicyclic) bond motifs is 1. The Morgan fingerprint density at radius 1 is 1.00 bits per heavy atom. The molecule has 1 saturated heterocycles. The molecule has 152 valence electrons. The maximum Gasteiger partial charge on any atom is 0.254 e. The first-order chi connectivity index (χ1) is 14.5. The molecule has 7 rings (SSSR count). The van der Waals surface area contributed by atoms with Gasteiger partial charge in [0.25, 0.3) is 11.8 Å². The standard InChI is InChI=1S/C25H24N2O3/c1-13(2)30-21-10-7-14-5-3-4-6-15(14)20(21)12-26-27-24(28)22-16-8-9-17(19-11-18(16)19)23(22)25(27)29/h3-10,12-13,16-19,22-23H,11H2,1-2H3/b26-12-/t16-,17+,18+,19-,22+,23-. The number of nitrogens with zero attached hydrogens (tertiary/aromatic N) is 2. The van der Waals surface area contributed by atoms with Crippen LogP contribution in [0.3, 0.4) is 0 Å². The van der Waals surface area contributed by atoms with Crippen LogP contribution in [0.1, 0.15) is 25.8 Å². The van der Waals surface area contributed by atoms with Crippen molar-refractivity contribution in [1.82, 2.24) is 5.01 Å². The van der Waals surface area contributed by atoms with E-state index in [0.29, 0.717) is 17.6 Å². The number of hydrogen-bond donors (Lipinski definition) is 0. The fourth-order valence-electron chi connectivity index (χ4n) is 5.94. The van der Waals surface area contributed by atoms with Gasteiger partial charge in [-0.3, -0.25) is 9.59 Å². The van der Waals surface area contributed by atoms with Gasteiger partial charge in [0.05, 0.1) is 24.2 Å². The topological polar surface area (TPSA) is 59.0 Å². The van der Waals surface area contributed by atoms with E-state index in [2.05, 4.69) is 17.3 Å². The number of allylic oxidation sites excluding steroid dienone is 2. The molecule has 5 heteroatoms. The average molecular weight is 400 g/mol. The molecule has 2 aromatic carbocycles. The molecular weight excluding hydrogens is 376 g/mol. The second-order valence-electron chi connectivity index (χ2n) is 9.25. The Labute approximate surface area is 175 Å². The van der Waals surface area contributed by atoms with Crippen molar-refractivity contribution in [2.45, 2.75) is 26.4 Å². The molecule has 3 fully saturated rings. The molecule has 0 N–H and O–H groups in total. The number of ether oxygens (including phenoxy) is 1. The molecule has 1 heterocycles. The minimum atomic E-state index is -0.229. The summed E-state index contributed by atoms with van der Waals surface area (Å²) in [6.45, 7) is 3.95. The normalized spacial score (nSPS) is 33.6. The van der Waals surface area contributed by atoms with Crippen molar-refractivity contribution >= 4 is 28.8 Å². The van der Waals surface area contributed by atoms with E-state index in [1.807, 2.05) is 50.2 Å². The van der Waals surface area contributed by atoms with Crippen LogP contribution in [0.15, 0.2) is 53.7 Å². The smallest absolute Gasteiger partial charge is 0.254 e. The molecule has 2 saturated carbocycles. The van der Waals surface area contributed by atoms with Crippen LogP contribution in [0.25, 0.3) is 10.8 Å². The van der Waals surface area contributed by atoms with Crippen molar-refractivity contribution in [3.63, 3.8) is 0 Å². The first-order valence-electron chi connectivity index (χ1n) is 10.8. The van der Waals surface area contributed by atoms with Gasteiger partial charge in [-0.15, -0.1) is 0 Å². The number of rotatable bonds is 4. The first kappa shape index (κ1) is 17.9. The van der Waals surface area contributed by atoms with Crippen LogP contribution in [0.2, 0.25) is 0 Å². The van der Waals surface area contributed by atoms with Gasteiger partial charge in [-0.2, -0.15) is 10.1 Å². The Morgan fingerprint density at radius 3 is 2.33 bits per heavy atom. The third-order valence-corrected chi connectivity index (χ3v) is 7.24. The molecule has 0 unspecified atom stereocenters. The highest BCUT2D eigenvalue weighted by Crippen LogP contribution is 2.65. The van der Waals surface area contributed by atoms with E-state index in [1.54, 1.807) is 6.21 Å². The summed E-state index contributed by atoms with van der Waals surface area (Å²) < 4.78 is 5.99. The van der Waals surface area contributed by atoms with Gasteiger partial charge in [-0.25, -0.2) is 0 Å². The number of amides is 2. The number of imide groups is 1. The highest BCUT2D eigenvalue weighted by molar-refractivity contribution is 6.08. The highest BCUT2D eigenvalue weighted by atomic mass is 16.5. The van der Waals surface area contributed by atoms with Crippen LogP contribution < -0.4 is 4.74 Å². The van der Waals surface area contributed by atoms with Crippen LogP contribution >= 0.6 is 0 Å². The zero-order valence-electron chi connectivity index (χ0n) is 17.1. The third kappa shape index (κ3) is 2.44. The van der Waals surface area contributed by atoms with Crippen LogP contribution in [0.5, 0.6) is 5.75 Å². The van der Waals surface area contributed by atoms with E-state index in [0.717, 1.165) is 27.8 Å². The molecule has 0 aromatic heterocycles. The summed E-state index contributed by atoms with van der Waals surface area (Å²) in [4.78, 5) is 26.4. The molecule has 5 nitrogen and oxygen atoms in total. The second kappa shape index (κ2) is 6.27. The summed E-state index contributed by atoms with van der Waals surface area (Å²) in [6, 6.07) is 11.9. The molecule has 2 aromatic rings. The molecule has 0 spiro atoms. The summed E-state index contributed by atoms with van der Waals surface area (Å²) in [7, 11) is 0. The van der Waals surface area contributed by atoms with Gasteiger partial charge in [0, 0.05) is 5.56 Å². The highest BCUT2D eigenvalue weighted by Gasteiger charge is 2.67. The second-order valence-corrected chi connectivity index (χ2v) is 9.25. The molecule has 6 atom stereocenters. The van der Waals surface area contributed by atoms with Gasteiger partial charge < -0.3 is 4.74 Å². The van der Waals surface area contributed by atoms with E-state index in [4.69, 9.17) is 4.74 Å². The van der Waals surface area contributed by atoms with E-state index >= 15 is 0 Å². The van der Waals surface area contributed by atoms with Gasteiger partial charge in [0.15, 0.2) is 0 Å². The summed E-state index contributed by atoms with van der Waals surface area (Å²) in [5.74, 6) is 1.55. The number of hydrogen-bond acceptors (Lipinski definition) is 4. The number of benzene rings is 2. The number of carbonyl (C=O) groups excluding carboxylic acids is 2. The van der Waals surface area contributed by atoms with Crippen molar-refractivity contribution in [1.29, 1.82) is 0 Å². The lowest BCUT2D eigenvalue weighted by molar-refractivity contribution is -0.140. The van der Waals surface area contributed by atoms with Gasteiger partial charge in [-0.1, -0.05) is 42.5 Å². The zero-order chi connectivity index (χ0) is 20.6. The lowest BCUT2D eigenvalue weighted by Gasteiger charge is -2.37. The van der Waals surface area contributed by atoms with Crippen LogP contribution in [0.4, 0.5) is 0 Å². The number of carbonyl (C=O) groups is 2. The lowest BCUT2D eigenvalue weighted by Crippen LogP contribution is -2.40. The van der Waals surface area contributed by atoms with Crippen molar-refractivity contribution in [3.8, 4) is 5.75 Å². The van der Waals surface area contributed by atoms with E-state index in [-0.39, 0.29) is 41.6 Å². The summed E-state index contributed by atoms with van der Waals surface area (Å²) in [5, 5.41) is 7.61. The molecule has 2 amide bonds. The summed E-state index contributed by atoms with van der Waals surface area (Å²) in [5.41, 5.74) is 0.793. The number of hydrazone groups is 1. The van der Waals surface area contributed by atoms with E-state index < -0.39 is 0 Å². The molecule has 1 aliphatic heterocycles. The van der Waals surface area contributed by atoms with Gasteiger partial charge in [-0.05, 0) is 60.8 Å². The molecule has 30 heavy (non-hydrogen) atoms. The molecule has 4 aliphatic carbocycles. The Balaban J connectivity index is 1.38. The van der Waals surface area contributed by atoms with Crippen molar-refractivity contribution in [3.05, 3.63) is 54.1 Å². The fourth-order valence-corrected chi connectivity index (χ4v) is 5.94. The SMILES string of the molecule is CC(C)Oc1ccc2ccccc2c1/C=N\N1C(=O)[C@@H]2[C@H]3C=C[C@H]([C@@H]4C[C@H]34)[C@@H]2C1=O. The minimum Gasteiger partial charge on any atom is -0.490 e. The van der Waals surface area contributed by atoms with Gasteiger partial charge >= 0.3 is 0 Å². The van der Waals surface area contributed by atoms with Gasteiger partial charge in [0.2, 0.25) is 0 Å². The van der Waals surface area contributed by atoms with Crippen LogP contribution in [-0.2, 0) is 9.59 Å². The fraction of sp³-hybridized carbons (Fsp3) is 0.400. The van der Waals surface area contributed by atoms with E-state index in [9.17, 15) is 9.59 Å². The van der Waals surface area contributed by atoms with Crippen molar-refractivity contribution in [2.24, 2.45) is 40.6 Å². The predicted molar refractivity (Wildman–Crippen MR) is 114 cm³/mol. The predicted octanol–water partition coefficient (Wildman–Crippen LogP) is 4.01. The third-order valence-electron chi connectivity index (χ3n) is 7.24. The van der Waals surface area contributed by atoms with E-state index in [1.165, 1.54) is 0 Å². The Bertz CT molecular complexity index is 1100. The summed E-state index contributed by atoms with van der Waals surface area (Å²) in [6.07, 6.45) is 7.15. The van der Waals surface area contributed by atoms with Crippen molar-refractivity contribution < 1.29 is 14.3 Å². The zero-order valence-corrected chi connectivity index (χ0v) is 17.1. The Morgan fingerprint density at radius 2 is 1.67 bits per heavy atom. The first-order valence-corrected chi connectivity index (χ1v) is 10.8. The van der Waals surface area contributed by atoms with Gasteiger partial charge in [0.1, 0.15) is 5.75 Å². The molecule has 5 aliphatic rings. The van der Waals surface area contributed by atoms with Crippen LogP contribution in [-0.4, -0.2) is 29.1 Å². The summed E-state index contributed by atoms with van der Waals surface area (Å²) >= 11 is 0. The lowest BCUT2D eigenvalue weighted by atomic mass is 9.63. The van der Waals surface area contributed by atoms with Crippen molar-refractivity contribution in [2.75, 3.05) is 0 Å². The Hall–Kier alpha value is -2.95. The Kier molecular flexibility index (Phi) is 3.74. The molecule has 2 bridgehead atoms. The quantitative estimate of drug-likeness (QED) is 0.443. The van der Waals surface area contributed by atoms with Crippen LogP contribution in [0, 0.1) is 35.5 Å². The maximum atomic E-state index is 13.2. The maximum absolute atomic E-state index is 13.2. The molecule has 0 radical (unpaired) electrons.